The number of urea groups is 1. The molecule has 3 amide bonds. The fraction of sp³-hybridized carbons (Fsp3) is 0. The Balaban J connectivity index is 1.36. The number of amides is 3. The van der Waals surface area contributed by atoms with E-state index in [2.05, 4.69) is 16.0 Å². The standard InChI is InChI=1S/C24H18FN3O3/c25-20-9-5-4-8-19(20)21-14-15-22(31-21)23(29)26-17-10-12-18(13-11-17)28-24(30)27-16-6-2-1-3-7-16/h1-15H,(H,26,29)(H2,27,28,30). The Bertz CT molecular complexity index is 1200. The van der Waals surface area contributed by atoms with Gasteiger partial charge in [-0.05, 0) is 60.7 Å². The van der Waals surface area contributed by atoms with E-state index >= 15 is 0 Å². The van der Waals surface area contributed by atoms with E-state index in [0.717, 1.165) is 0 Å². The highest BCUT2D eigenvalue weighted by Crippen LogP contribution is 2.25. The molecule has 0 aliphatic carbocycles. The van der Waals surface area contributed by atoms with Gasteiger partial charge in [0.25, 0.3) is 5.91 Å². The number of nitrogens with one attached hydrogen (secondary N) is 3. The summed E-state index contributed by atoms with van der Waals surface area (Å²) < 4.78 is 19.4. The molecule has 7 heteroatoms. The Morgan fingerprint density at radius 1 is 0.645 bits per heavy atom. The number of rotatable bonds is 5. The maximum atomic E-state index is 13.9. The molecule has 4 aromatic rings. The monoisotopic (exact) mass is 415 g/mol. The number of anilines is 3. The maximum absolute atomic E-state index is 13.9. The van der Waals surface area contributed by atoms with E-state index in [1.807, 2.05) is 18.2 Å². The van der Waals surface area contributed by atoms with E-state index < -0.39 is 11.7 Å². The predicted molar refractivity (Wildman–Crippen MR) is 118 cm³/mol. The molecule has 0 bridgehead atoms. The number of benzene rings is 3. The minimum absolute atomic E-state index is 0.0580. The van der Waals surface area contributed by atoms with Crippen LogP contribution in [0.3, 0.4) is 0 Å². The molecule has 0 aliphatic heterocycles. The van der Waals surface area contributed by atoms with Gasteiger partial charge >= 0.3 is 6.03 Å². The van der Waals surface area contributed by atoms with Crippen molar-refractivity contribution in [3.63, 3.8) is 0 Å². The number of halogens is 1. The summed E-state index contributed by atoms with van der Waals surface area (Å²) >= 11 is 0. The minimum Gasteiger partial charge on any atom is -0.451 e. The highest BCUT2D eigenvalue weighted by atomic mass is 19.1. The molecule has 1 aromatic heterocycles. The molecule has 3 aromatic carbocycles. The topological polar surface area (TPSA) is 83.4 Å². The third-order valence-electron chi connectivity index (χ3n) is 4.40. The van der Waals surface area contributed by atoms with Gasteiger partial charge in [-0.2, -0.15) is 0 Å². The molecule has 0 spiro atoms. The maximum Gasteiger partial charge on any atom is 0.323 e. The van der Waals surface area contributed by atoms with Crippen molar-refractivity contribution in [3.05, 3.63) is 103 Å². The summed E-state index contributed by atoms with van der Waals surface area (Å²) in [4.78, 5) is 24.5. The molecule has 3 N–H and O–H groups in total. The molecule has 0 radical (unpaired) electrons. The molecular weight excluding hydrogens is 397 g/mol. The Labute approximate surface area is 177 Å². The number of hydrogen-bond donors (Lipinski definition) is 3. The van der Waals surface area contributed by atoms with Crippen molar-refractivity contribution in [1.29, 1.82) is 0 Å². The van der Waals surface area contributed by atoms with E-state index in [-0.39, 0.29) is 23.1 Å². The zero-order chi connectivity index (χ0) is 21.6. The van der Waals surface area contributed by atoms with Crippen LogP contribution >= 0.6 is 0 Å². The molecule has 31 heavy (non-hydrogen) atoms. The van der Waals surface area contributed by atoms with Gasteiger partial charge in [-0.15, -0.1) is 0 Å². The van der Waals surface area contributed by atoms with Crippen molar-refractivity contribution in [1.82, 2.24) is 0 Å². The molecule has 154 valence electrons. The first-order chi connectivity index (χ1) is 15.1. The van der Waals surface area contributed by atoms with Gasteiger partial charge in [-0.25, -0.2) is 9.18 Å². The summed E-state index contributed by atoms with van der Waals surface area (Å²) in [5.74, 6) is -0.566. The van der Waals surface area contributed by atoms with Crippen LogP contribution in [-0.4, -0.2) is 11.9 Å². The number of carbonyl (C=O) groups is 2. The normalized spacial score (nSPS) is 10.4. The van der Waals surface area contributed by atoms with Gasteiger partial charge in [0, 0.05) is 17.1 Å². The number of hydrogen-bond acceptors (Lipinski definition) is 3. The lowest BCUT2D eigenvalue weighted by molar-refractivity contribution is 0.0997. The molecule has 0 aliphatic rings. The van der Waals surface area contributed by atoms with E-state index in [9.17, 15) is 14.0 Å². The zero-order valence-electron chi connectivity index (χ0n) is 16.3. The largest absolute Gasteiger partial charge is 0.451 e. The summed E-state index contributed by atoms with van der Waals surface area (Å²) in [7, 11) is 0. The average molecular weight is 415 g/mol. The van der Waals surface area contributed by atoms with Crippen LogP contribution < -0.4 is 16.0 Å². The van der Waals surface area contributed by atoms with Gasteiger partial charge < -0.3 is 20.4 Å². The smallest absolute Gasteiger partial charge is 0.323 e. The van der Waals surface area contributed by atoms with E-state index in [1.54, 1.807) is 60.7 Å². The van der Waals surface area contributed by atoms with E-state index in [1.165, 1.54) is 12.1 Å². The van der Waals surface area contributed by atoms with Gasteiger partial charge in [-0.3, -0.25) is 4.79 Å². The Morgan fingerprint density at radius 2 is 1.23 bits per heavy atom. The van der Waals surface area contributed by atoms with Gasteiger partial charge in [0.2, 0.25) is 0 Å². The van der Waals surface area contributed by atoms with Crippen LogP contribution in [0, 0.1) is 5.82 Å². The van der Waals surface area contributed by atoms with E-state index in [4.69, 9.17) is 4.42 Å². The lowest BCUT2D eigenvalue weighted by atomic mass is 10.1. The Morgan fingerprint density at radius 3 is 1.90 bits per heavy atom. The summed E-state index contributed by atoms with van der Waals surface area (Å²) in [6.07, 6.45) is 0. The second-order valence-corrected chi connectivity index (χ2v) is 6.62. The molecule has 0 fully saturated rings. The van der Waals surface area contributed by atoms with Crippen LogP contribution in [-0.2, 0) is 0 Å². The molecule has 0 saturated carbocycles. The van der Waals surface area contributed by atoms with Gasteiger partial charge in [-0.1, -0.05) is 30.3 Å². The summed E-state index contributed by atoms with van der Waals surface area (Å²) in [5, 5.41) is 8.14. The Hall–Kier alpha value is -4.39. The van der Waals surface area contributed by atoms with Crippen LogP contribution in [0.5, 0.6) is 0 Å². The average Bonchev–Trinajstić information content (AvgIpc) is 3.26. The second kappa shape index (κ2) is 8.96. The fourth-order valence-corrected chi connectivity index (χ4v) is 2.91. The first kappa shape index (κ1) is 19.9. The molecule has 1 heterocycles. The highest BCUT2D eigenvalue weighted by Gasteiger charge is 2.14. The van der Waals surface area contributed by atoms with Crippen molar-refractivity contribution in [3.8, 4) is 11.3 Å². The fourth-order valence-electron chi connectivity index (χ4n) is 2.91. The molecule has 0 unspecified atom stereocenters. The zero-order valence-corrected chi connectivity index (χ0v) is 16.3. The third kappa shape index (κ3) is 4.97. The summed E-state index contributed by atoms with van der Waals surface area (Å²) in [5.41, 5.74) is 2.04. The van der Waals surface area contributed by atoms with Gasteiger partial charge in [0.15, 0.2) is 5.76 Å². The Kier molecular flexibility index (Phi) is 5.75. The lowest BCUT2D eigenvalue weighted by Crippen LogP contribution is -2.19. The first-order valence-electron chi connectivity index (χ1n) is 9.48. The van der Waals surface area contributed by atoms with Crippen molar-refractivity contribution in [2.75, 3.05) is 16.0 Å². The van der Waals surface area contributed by atoms with Gasteiger partial charge in [0.1, 0.15) is 11.6 Å². The third-order valence-corrected chi connectivity index (χ3v) is 4.40. The van der Waals surface area contributed by atoms with Gasteiger partial charge in [0.05, 0.1) is 5.56 Å². The molecule has 6 nitrogen and oxygen atoms in total. The number of carbonyl (C=O) groups excluding carboxylic acids is 2. The summed E-state index contributed by atoms with van der Waals surface area (Å²) in [6.45, 7) is 0. The predicted octanol–water partition coefficient (Wildman–Crippen LogP) is 5.98. The molecular formula is C24H18FN3O3. The van der Waals surface area contributed by atoms with Crippen LogP contribution in [0.15, 0.2) is 95.4 Å². The van der Waals surface area contributed by atoms with Crippen LogP contribution in [0.1, 0.15) is 10.6 Å². The first-order valence-corrected chi connectivity index (χ1v) is 9.48. The second-order valence-electron chi connectivity index (χ2n) is 6.62. The summed E-state index contributed by atoms with van der Waals surface area (Å²) in [6, 6.07) is 24.5. The van der Waals surface area contributed by atoms with Crippen molar-refractivity contribution < 1.29 is 18.4 Å². The van der Waals surface area contributed by atoms with Crippen LogP contribution in [0.2, 0.25) is 0 Å². The molecule has 0 saturated heterocycles. The van der Waals surface area contributed by atoms with Crippen LogP contribution in [0.4, 0.5) is 26.2 Å². The van der Waals surface area contributed by atoms with Crippen molar-refractivity contribution in [2.45, 2.75) is 0 Å². The van der Waals surface area contributed by atoms with Crippen molar-refractivity contribution in [2.24, 2.45) is 0 Å². The van der Waals surface area contributed by atoms with E-state index in [0.29, 0.717) is 17.1 Å². The quantitative estimate of drug-likeness (QED) is 0.375. The highest BCUT2D eigenvalue weighted by molar-refractivity contribution is 6.03. The van der Waals surface area contributed by atoms with Crippen molar-refractivity contribution >= 4 is 29.0 Å². The number of para-hydroxylation sites is 1. The van der Waals surface area contributed by atoms with Crippen LogP contribution in [0.25, 0.3) is 11.3 Å². The lowest BCUT2D eigenvalue weighted by Gasteiger charge is -2.09. The molecule has 4 rings (SSSR count). The number of furan rings is 1. The SMILES string of the molecule is O=C(Nc1ccccc1)Nc1ccc(NC(=O)c2ccc(-c3ccccc3F)o2)cc1. The molecule has 0 atom stereocenters. The minimum atomic E-state index is -0.467.